The molecule has 0 aromatic heterocycles. The summed E-state index contributed by atoms with van der Waals surface area (Å²) in [5.41, 5.74) is 0.528. The second-order valence-electron chi connectivity index (χ2n) is 8.71. The SMILES string of the molecule is CC(C)N1CC(N2CC3CC(C(C)(C)C)CC3C2)C1. The zero-order valence-corrected chi connectivity index (χ0v) is 13.5. The first-order valence-electron chi connectivity index (χ1n) is 8.32. The van der Waals surface area contributed by atoms with Gasteiger partial charge in [0.2, 0.25) is 0 Å². The van der Waals surface area contributed by atoms with E-state index in [-0.39, 0.29) is 0 Å². The van der Waals surface area contributed by atoms with Gasteiger partial charge in [0.1, 0.15) is 0 Å². The van der Waals surface area contributed by atoms with Gasteiger partial charge in [-0.05, 0) is 49.9 Å². The van der Waals surface area contributed by atoms with Crippen molar-refractivity contribution in [2.45, 2.75) is 59.5 Å². The van der Waals surface area contributed by atoms with Gasteiger partial charge < -0.3 is 0 Å². The van der Waals surface area contributed by atoms with E-state index >= 15 is 0 Å². The average molecular weight is 264 g/mol. The van der Waals surface area contributed by atoms with Crippen molar-refractivity contribution in [3.63, 3.8) is 0 Å². The summed E-state index contributed by atoms with van der Waals surface area (Å²) in [7, 11) is 0. The first-order chi connectivity index (χ1) is 8.84. The predicted octanol–water partition coefficient (Wildman–Crippen LogP) is 3.08. The zero-order valence-electron chi connectivity index (χ0n) is 13.5. The standard InChI is InChI=1S/C17H32N2/c1-12(2)18-10-16(11-18)19-8-13-6-15(17(3,4)5)7-14(13)9-19/h12-16H,6-11H2,1-5H3. The Balaban J connectivity index is 1.50. The van der Waals surface area contributed by atoms with Crippen LogP contribution in [0.15, 0.2) is 0 Å². The number of likely N-dealkylation sites (tertiary alicyclic amines) is 2. The van der Waals surface area contributed by atoms with E-state index in [2.05, 4.69) is 44.4 Å². The molecule has 1 saturated carbocycles. The molecule has 2 heteroatoms. The van der Waals surface area contributed by atoms with Crippen molar-refractivity contribution in [3.8, 4) is 0 Å². The molecular formula is C17H32N2. The molecule has 2 aliphatic heterocycles. The first-order valence-corrected chi connectivity index (χ1v) is 8.32. The molecule has 0 amide bonds. The van der Waals surface area contributed by atoms with E-state index in [0.717, 1.165) is 29.8 Å². The summed E-state index contributed by atoms with van der Waals surface area (Å²) in [5.74, 6) is 2.99. The van der Waals surface area contributed by atoms with E-state index < -0.39 is 0 Å². The van der Waals surface area contributed by atoms with Crippen LogP contribution in [0.4, 0.5) is 0 Å². The van der Waals surface area contributed by atoms with Gasteiger partial charge in [-0.15, -0.1) is 0 Å². The highest BCUT2D eigenvalue weighted by molar-refractivity contribution is 5.00. The third-order valence-electron chi connectivity index (χ3n) is 6.14. The monoisotopic (exact) mass is 264 g/mol. The van der Waals surface area contributed by atoms with Crippen molar-refractivity contribution in [2.24, 2.45) is 23.2 Å². The quantitative estimate of drug-likeness (QED) is 0.756. The van der Waals surface area contributed by atoms with Gasteiger partial charge in [0.15, 0.2) is 0 Å². The van der Waals surface area contributed by atoms with Gasteiger partial charge in [-0.3, -0.25) is 9.80 Å². The Kier molecular flexibility index (Phi) is 3.46. The molecule has 2 heterocycles. The highest BCUT2D eigenvalue weighted by atomic mass is 15.3. The smallest absolute Gasteiger partial charge is 0.0350 e. The molecule has 2 atom stereocenters. The second kappa shape index (κ2) is 4.73. The molecule has 19 heavy (non-hydrogen) atoms. The molecular weight excluding hydrogens is 232 g/mol. The summed E-state index contributed by atoms with van der Waals surface area (Å²) in [6, 6.07) is 1.62. The highest BCUT2D eigenvalue weighted by Crippen LogP contribution is 2.48. The van der Waals surface area contributed by atoms with Crippen LogP contribution in [0.2, 0.25) is 0 Å². The van der Waals surface area contributed by atoms with Crippen LogP contribution in [0.5, 0.6) is 0 Å². The van der Waals surface area contributed by atoms with Crippen LogP contribution in [-0.2, 0) is 0 Å². The first kappa shape index (κ1) is 13.9. The Bertz CT molecular complexity index is 311. The van der Waals surface area contributed by atoms with Gasteiger partial charge in [0.25, 0.3) is 0 Å². The van der Waals surface area contributed by atoms with Gasteiger partial charge in [-0.2, -0.15) is 0 Å². The third-order valence-corrected chi connectivity index (χ3v) is 6.14. The van der Waals surface area contributed by atoms with E-state index in [1.54, 1.807) is 0 Å². The Hall–Kier alpha value is -0.0800. The summed E-state index contributed by atoms with van der Waals surface area (Å²) < 4.78 is 0. The molecule has 110 valence electrons. The molecule has 0 aromatic rings. The molecule has 0 spiro atoms. The number of nitrogens with zero attached hydrogens (tertiary/aromatic N) is 2. The average Bonchev–Trinajstić information content (AvgIpc) is 2.69. The Morgan fingerprint density at radius 2 is 1.42 bits per heavy atom. The molecule has 0 bridgehead atoms. The molecule has 1 aliphatic carbocycles. The van der Waals surface area contributed by atoms with Gasteiger partial charge in [-0.25, -0.2) is 0 Å². The number of rotatable bonds is 2. The summed E-state index contributed by atoms with van der Waals surface area (Å²) in [6.45, 7) is 17.4. The number of hydrogen-bond donors (Lipinski definition) is 0. The normalized spacial score (nSPS) is 37.9. The summed E-state index contributed by atoms with van der Waals surface area (Å²) in [4.78, 5) is 5.42. The molecule has 2 nitrogen and oxygen atoms in total. The highest BCUT2D eigenvalue weighted by Gasteiger charge is 2.47. The van der Waals surface area contributed by atoms with Crippen LogP contribution >= 0.6 is 0 Å². The summed E-state index contributed by atoms with van der Waals surface area (Å²) in [5, 5.41) is 0. The van der Waals surface area contributed by atoms with Crippen molar-refractivity contribution in [2.75, 3.05) is 26.2 Å². The predicted molar refractivity (Wildman–Crippen MR) is 81.2 cm³/mol. The third kappa shape index (κ3) is 2.58. The minimum absolute atomic E-state index is 0.528. The molecule has 0 radical (unpaired) electrons. The van der Waals surface area contributed by atoms with E-state index in [0.29, 0.717) is 5.41 Å². The number of hydrogen-bond acceptors (Lipinski definition) is 2. The minimum atomic E-state index is 0.528. The maximum atomic E-state index is 2.81. The second-order valence-corrected chi connectivity index (χ2v) is 8.71. The van der Waals surface area contributed by atoms with Crippen LogP contribution in [0.25, 0.3) is 0 Å². The van der Waals surface area contributed by atoms with Crippen molar-refractivity contribution < 1.29 is 0 Å². The minimum Gasteiger partial charge on any atom is -0.298 e. The molecule has 0 aromatic carbocycles. The van der Waals surface area contributed by atoms with Crippen LogP contribution in [-0.4, -0.2) is 48.1 Å². The topological polar surface area (TPSA) is 6.48 Å². The van der Waals surface area contributed by atoms with Crippen molar-refractivity contribution in [3.05, 3.63) is 0 Å². The lowest BCUT2D eigenvalue weighted by Crippen LogP contribution is -2.60. The lowest BCUT2D eigenvalue weighted by molar-refractivity contribution is 0.0202. The van der Waals surface area contributed by atoms with E-state index in [9.17, 15) is 0 Å². The molecule has 2 unspecified atom stereocenters. The zero-order chi connectivity index (χ0) is 13.8. The molecule has 3 fully saturated rings. The largest absolute Gasteiger partial charge is 0.298 e. The maximum Gasteiger partial charge on any atom is 0.0350 e. The fourth-order valence-corrected chi connectivity index (χ4v) is 4.48. The Morgan fingerprint density at radius 1 is 0.895 bits per heavy atom. The fourth-order valence-electron chi connectivity index (χ4n) is 4.48. The van der Waals surface area contributed by atoms with E-state index in [4.69, 9.17) is 0 Å². The Morgan fingerprint density at radius 3 is 1.84 bits per heavy atom. The van der Waals surface area contributed by atoms with Crippen LogP contribution in [0, 0.1) is 23.2 Å². The van der Waals surface area contributed by atoms with Crippen molar-refractivity contribution >= 4 is 0 Å². The maximum absolute atomic E-state index is 2.81. The summed E-state index contributed by atoms with van der Waals surface area (Å²) >= 11 is 0. The van der Waals surface area contributed by atoms with Crippen molar-refractivity contribution in [1.82, 2.24) is 9.80 Å². The lowest BCUT2D eigenvalue weighted by Gasteiger charge is -2.46. The number of fused-ring (bicyclic) bond motifs is 1. The van der Waals surface area contributed by atoms with Gasteiger partial charge in [0.05, 0.1) is 0 Å². The van der Waals surface area contributed by atoms with E-state index in [1.807, 2.05) is 0 Å². The van der Waals surface area contributed by atoms with Gasteiger partial charge in [-0.1, -0.05) is 20.8 Å². The molecule has 3 rings (SSSR count). The van der Waals surface area contributed by atoms with Gasteiger partial charge in [0, 0.05) is 38.3 Å². The summed E-state index contributed by atoms with van der Waals surface area (Å²) in [6.07, 6.45) is 2.98. The lowest BCUT2D eigenvalue weighted by atomic mass is 9.79. The van der Waals surface area contributed by atoms with Crippen LogP contribution in [0.1, 0.15) is 47.5 Å². The molecule has 0 N–H and O–H groups in total. The van der Waals surface area contributed by atoms with Crippen molar-refractivity contribution in [1.29, 1.82) is 0 Å². The van der Waals surface area contributed by atoms with E-state index in [1.165, 1.54) is 39.0 Å². The molecule has 2 saturated heterocycles. The van der Waals surface area contributed by atoms with Crippen LogP contribution in [0.3, 0.4) is 0 Å². The Labute approximate surface area is 119 Å². The van der Waals surface area contributed by atoms with Crippen LogP contribution < -0.4 is 0 Å². The molecule has 3 aliphatic rings. The van der Waals surface area contributed by atoms with Gasteiger partial charge >= 0.3 is 0 Å². The fraction of sp³-hybridized carbons (Fsp3) is 1.00.